The van der Waals surface area contributed by atoms with Crippen molar-refractivity contribution in [3.63, 3.8) is 0 Å². The lowest BCUT2D eigenvalue weighted by Crippen LogP contribution is -2.36. The second-order valence-corrected chi connectivity index (χ2v) is 5.66. The first-order valence-corrected chi connectivity index (χ1v) is 8.35. The molecule has 1 fully saturated rings. The zero-order valence-electron chi connectivity index (χ0n) is 13.3. The topological polar surface area (TPSA) is 109 Å². The Labute approximate surface area is 148 Å². The number of aromatic hydroxyl groups is 1. The second-order valence-electron chi connectivity index (χ2n) is 5.13. The van der Waals surface area contributed by atoms with Crippen molar-refractivity contribution < 1.29 is 19.4 Å². The molecule has 0 atom stereocenters. The van der Waals surface area contributed by atoms with Crippen LogP contribution in [0.3, 0.4) is 0 Å². The number of rotatable bonds is 6. The summed E-state index contributed by atoms with van der Waals surface area (Å²) in [6.45, 7) is 2.43. The van der Waals surface area contributed by atoms with Gasteiger partial charge in [-0.1, -0.05) is 12.1 Å². The number of hydrazone groups is 1. The first-order valence-electron chi connectivity index (χ1n) is 7.62. The standard InChI is InChI=1S/C15H17N5O4S/c21-12-4-2-1-3-11(12)9-16-17-13(22)10-24-15-14(18-25-19-15)20-5-7-23-8-6-20/h1-4,9,21H,5-8,10H2,(H,17,22)/b16-9-. The molecule has 2 aromatic rings. The molecule has 1 amide bonds. The third-order valence-electron chi connectivity index (χ3n) is 3.42. The van der Waals surface area contributed by atoms with E-state index in [9.17, 15) is 9.90 Å². The molecule has 1 aromatic heterocycles. The van der Waals surface area contributed by atoms with Gasteiger partial charge in [-0.3, -0.25) is 4.79 Å². The van der Waals surface area contributed by atoms with E-state index in [1.165, 1.54) is 12.3 Å². The van der Waals surface area contributed by atoms with Gasteiger partial charge < -0.3 is 19.5 Å². The molecule has 0 bridgehead atoms. The van der Waals surface area contributed by atoms with Crippen LogP contribution in [0.2, 0.25) is 0 Å². The smallest absolute Gasteiger partial charge is 0.278 e. The fraction of sp³-hybridized carbons (Fsp3) is 0.333. The molecule has 1 saturated heterocycles. The van der Waals surface area contributed by atoms with Crippen molar-refractivity contribution in [2.75, 3.05) is 37.8 Å². The molecule has 10 heteroatoms. The molecule has 0 saturated carbocycles. The quantitative estimate of drug-likeness (QED) is 0.572. The lowest BCUT2D eigenvalue weighted by atomic mass is 10.2. The average molecular weight is 363 g/mol. The first-order chi connectivity index (χ1) is 12.2. The largest absolute Gasteiger partial charge is 0.507 e. The molecule has 2 heterocycles. The summed E-state index contributed by atoms with van der Waals surface area (Å²) >= 11 is 1.03. The zero-order chi connectivity index (χ0) is 17.5. The van der Waals surface area contributed by atoms with Gasteiger partial charge in [0.05, 0.1) is 31.2 Å². The van der Waals surface area contributed by atoms with E-state index in [1.54, 1.807) is 18.2 Å². The summed E-state index contributed by atoms with van der Waals surface area (Å²) in [5, 5.41) is 13.4. The lowest BCUT2D eigenvalue weighted by molar-refractivity contribution is -0.123. The Hall–Kier alpha value is -2.72. The Morgan fingerprint density at radius 3 is 3.00 bits per heavy atom. The molecule has 0 radical (unpaired) electrons. The minimum Gasteiger partial charge on any atom is -0.507 e. The molecule has 25 heavy (non-hydrogen) atoms. The summed E-state index contributed by atoms with van der Waals surface area (Å²) in [4.78, 5) is 13.8. The number of hydrogen-bond donors (Lipinski definition) is 2. The zero-order valence-corrected chi connectivity index (χ0v) is 14.1. The Balaban J connectivity index is 1.50. The van der Waals surface area contributed by atoms with Crippen molar-refractivity contribution in [2.24, 2.45) is 5.10 Å². The van der Waals surface area contributed by atoms with E-state index >= 15 is 0 Å². The van der Waals surface area contributed by atoms with Crippen LogP contribution in [0.1, 0.15) is 5.56 Å². The van der Waals surface area contributed by atoms with Gasteiger partial charge in [-0.05, 0) is 12.1 Å². The Bertz CT molecular complexity index is 745. The molecule has 132 valence electrons. The SMILES string of the molecule is O=C(COc1nsnc1N1CCOCC1)N/N=C\c1ccccc1O. The minimum atomic E-state index is -0.437. The summed E-state index contributed by atoms with van der Waals surface area (Å²) < 4.78 is 19.0. The third kappa shape index (κ3) is 4.64. The van der Waals surface area contributed by atoms with Gasteiger partial charge in [0, 0.05) is 18.7 Å². The van der Waals surface area contributed by atoms with Crippen molar-refractivity contribution >= 4 is 29.7 Å². The van der Waals surface area contributed by atoms with E-state index in [0.717, 1.165) is 11.7 Å². The molecule has 3 rings (SSSR count). The number of para-hydroxylation sites is 1. The van der Waals surface area contributed by atoms with E-state index in [-0.39, 0.29) is 12.4 Å². The molecule has 0 unspecified atom stereocenters. The number of carbonyl (C=O) groups is 1. The van der Waals surface area contributed by atoms with Crippen LogP contribution in [0, 0.1) is 0 Å². The van der Waals surface area contributed by atoms with Crippen molar-refractivity contribution in [3.8, 4) is 11.6 Å². The van der Waals surface area contributed by atoms with Gasteiger partial charge >= 0.3 is 0 Å². The predicted molar refractivity (Wildman–Crippen MR) is 92.3 cm³/mol. The van der Waals surface area contributed by atoms with Gasteiger partial charge in [0.2, 0.25) is 5.82 Å². The average Bonchev–Trinajstić information content (AvgIpc) is 3.11. The molecule has 1 aliphatic rings. The highest BCUT2D eigenvalue weighted by atomic mass is 32.1. The maximum absolute atomic E-state index is 11.8. The Kier molecular flexibility index (Phi) is 5.75. The summed E-state index contributed by atoms with van der Waals surface area (Å²) in [7, 11) is 0. The summed E-state index contributed by atoms with van der Waals surface area (Å²) in [6.07, 6.45) is 1.36. The van der Waals surface area contributed by atoms with E-state index in [2.05, 4.69) is 19.3 Å². The van der Waals surface area contributed by atoms with Gasteiger partial charge in [0.15, 0.2) is 6.61 Å². The van der Waals surface area contributed by atoms with Crippen LogP contribution in [0.5, 0.6) is 11.6 Å². The van der Waals surface area contributed by atoms with Gasteiger partial charge in [0.25, 0.3) is 11.8 Å². The number of nitrogens with one attached hydrogen (secondary N) is 1. The maximum Gasteiger partial charge on any atom is 0.278 e. The lowest BCUT2D eigenvalue weighted by Gasteiger charge is -2.26. The van der Waals surface area contributed by atoms with Gasteiger partial charge in [0.1, 0.15) is 5.75 Å². The van der Waals surface area contributed by atoms with Crippen molar-refractivity contribution in [3.05, 3.63) is 29.8 Å². The third-order valence-corrected chi connectivity index (χ3v) is 3.92. The number of benzene rings is 1. The normalized spacial score (nSPS) is 14.6. The van der Waals surface area contributed by atoms with Crippen LogP contribution < -0.4 is 15.1 Å². The number of aromatic nitrogens is 2. The van der Waals surface area contributed by atoms with E-state index in [4.69, 9.17) is 9.47 Å². The maximum atomic E-state index is 11.8. The number of morpholine rings is 1. The molecule has 2 N–H and O–H groups in total. The summed E-state index contributed by atoms with van der Waals surface area (Å²) in [6, 6.07) is 6.67. The predicted octanol–water partition coefficient (Wildman–Crippen LogP) is 0.609. The molecular weight excluding hydrogens is 346 g/mol. The van der Waals surface area contributed by atoms with Crippen LogP contribution in [0.25, 0.3) is 0 Å². The summed E-state index contributed by atoms with van der Waals surface area (Å²) in [5.41, 5.74) is 2.84. The number of phenols is 1. The van der Waals surface area contributed by atoms with Gasteiger partial charge in [-0.15, -0.1) is 4.37 Å². The first kappa shape index (κ1) is 17.1. The number of carbonyl (C=O) groups excluding carboxylic acids is 1. The number of anilines is 1. The second kappa shape index (κ2) is 8.40. The monoisotopic (exact) mass is 363 g/mol. The highest BCUT2D eigenvalue weighted by molar-refractivity contribution is 6.99. The van der Waals surface area contributed by atoms with Crippen LogP contribution in [-0.2, 0) is 9.53 Å². The Morgan fingerprint density at radius 1 is 1.40 bits per heavy atom. The molecule has 9 nitrogen and oxygen atoms in total. The molecule has 0 aliphatic carbocycles. The van der Waals surface area contributed by atoms with Crippen LogP contribution in [0.4, 0.5) is 5.82 Å². The number of amides is 1. The van der Waals surface area contributed by atoms with E-state index in [1.807, 2.05) is 4.90 Å². The van der Waals surface area contributed by atoms with Crippen LogP contribution in [-0.4, -0.2) is 58.9 Å². The van der Waals surface area contributed by atoms with Gasteiger partial charge in [-0.2, -0.15) is 9.47 Å². The Morgan fingerprint density at radius 2 is 2.20 bits per heavy atom. The molecule has 1 aromatic carbocycles. The van der Waals surface area contributed by atoms with Crippen molar-refractivity contribution in [1.29, 1.82) is 0 Å². The summed E-state index contributed by atoms with van der Waals surface area (Å²) in [5.74, 6) is 0.596. The van der Waals surface area contributed by atoms with Gasteiger partial charge in [-0.25, -0.2) is 5.43 Å². The fourth-order valence-corrected chi connectivity index (χ4v) is 2.69. The van der Waals surface area contributed by atoms with Crippen molar-refractivity contribution in [1.82, 2.24) is 14.2 Å². The fourth-order valence-electron chi connectivity index (χ4n) is 2.17. The van der Waals surface area contributed by atoms with E-state index < -0.39 is 5.91 Å². The van der Waals surface area contributed by atoms with E-state index in [0.29, 0.717) is 43.6 Å². The van der Waals surface area contributed by atoms with Crippen LogP contribution in [0.15, 0.2) is 29.4 Å². The number of nitrogens with zero attached hydrogens (tertiary/aromatic N) is 4. The highest BCUT2D eigenvalue weighted by Crippen LogP contribution is 2.26. The molecule has 0 spiro atoms. The number of phenolic OH excluding ortho intramolecular Hbond substituents is 1. The number of ether oxygens (including phenoxy) is 2. The molecular formula is C15H17N5O4S. The van der Waals surface area contributed by atoms with Crippen LogP contribution >= 0.6 is 11.7 Å². The van der Waals surface area contributed by atoms with Crippen molar-refractivity contribution in [2.45, 2.75) is 0 Å². The molecule has 1 aliphatic heterocycles. The number of hydrogen-bond acceptors (Lipinski definition) is 9. The minimum absolute atomic E-state index is 0.0837. The highest BCUT2D eigenvalue weighted by Gasteiger charge is 2.20.